The molecule has 3 heteroatoms. The van der Waals surface area contributed by atoms with Gasteiger partial charge in [-0.25, -0.2) is 9.78 Å². The number of esters is 1. The third kappa shape index (κ3) is 9.08. The Morgan fingerprint density at radius 1 is 0.966 bits per heavy atom. The Hall–Kier alpha value is -2.42. The van der Waals surface area contributed by atoms with Gasteiger partial charge in [-0.2, -0.15) is 0 Å². The number of carbonyl (C=O) groups is 1. The molecular formula is C26H35NO2. The maximum absolute atomic E-state index is 12.2. The molecule has 0 N–H and O–H groups in total. The average Bonchev–Trinajstić information content (AvgIpc) is 2.75. The fourth-order valence-electron chi connectivity index (χ4n) is 3.38. The van der Waals surface area contributed by atoms with Crippen LogP contribution in [0.5, 0.6) is 5.88 Å². The zero-order valence-corrected chi connectivity index (χ0v) is 18.0. The summed E-state index contributed by atoms with van der Waals surface area (Å²) < 4.78 is 5.38. The van der Waals surface area contributed by atoms with Gasteiger partial charge in [-0.1, -0.05) is 94.8 Å². The first-order valence-corrected chi connectivity index (χ1v) is 11.1. The molecule has 1 heterocycles. The zero-order chi connectivity index (χ0) is 20.7. The molecule has 0 saturated carbocycles. The number of allylic oxidation sites excluding steroid dienone is 1. The number of rotatable bonds is 13. The Bertz CT molecular complexity index is 722. The van der Waals surface area contributed by atoms with Crippen LogP contribution in [0.2, 0.25) is 0 Å². The van der Waals surface area contributed by atoms with Crippen LogP contribution < -0.4 is 4.74 Å². The summed E-state index contributed by atoms with van der Waals surface area (Å²) in [6.45, 7) is 4.41. The molecule has 0 fully saturated rings. The van der Waals surface area contributed by atoms with Gasteiger partial charge >= 0.3 is 5.97 Å². The van der Waals surface area contributed by atoms with Gasteiger partial charge in [0, 0.05) is 24.3 Å². The van der Waals surface area contributed by atoms with Crippen LogP contribution in [0.3, 0.4) is 0 Å². The smallest absolute Gasteiger partial charge is 0.337 e. The first-order valence-electron chi connectivity index (χ1n) is 11.1. The third-order valence-corrected chi connectivity index (χ3v) is 5.13. The van der Waals surface area contributed by atoms with Crippen molar-refractivity contribution in [1.82, 2.24) is 4.98 Å². The molecule has 0 aliphatic rings. The third-order valence-electron chi connectivity index (χ3n) is 5.13. The maximum atomic E-state index is 12.2. The molecule has 0 bridgehead atoms. The summed E-state index contributed by atoms with van der Waals surface area (Å²) in [4.78, 5) is 16.5. The zero-order valence-electron chi connectivity index (χ0n) is 18.0. The fourth-order valence-corrected chi connectivity index (χ4v) is 3.38. The number of aromatic nitrogens is 1. The van der Waals surface area contributed by atoms with Gasteiger partial charge in [0.15, 0.2) is 0 Å². The summed E-state index contributed by atoms with van der Waals surface area (Å²) >= 11 is 0. The highest BCUT2D eigenvalue weighted by Crippen LogP contribution is 2.23. The monoisotopic (exact) mass is 393 g/mol. The van der Waals surface area contributed by atoms with E-state index in [9.17, 15) is 4.79 Å². The summed E-state index contributed by atoms with van der Waals surface area (Å²) in [5, 5.41) is 0. The molecule has 156 valence electrons. The van der Waals surface area contributed by atoms with Crippen molar-refractivity contribution in [3.05, 3.63) is 71.9 Å². The highest BCUT2D eigenvalue weighted by atomic mass is 16.5. The number of benzene rings is 1. The van der Waals surface area contributed by atoms with E-state index in [2.05, 4.69) is 31.0 Å². The lowest BCUT2D eigenvalue weighted by molar-refractivity contribution is -0.129. The van der Waals surface area contributed by atoms with Crippen LogP contribution in [-0.4, -0.2) is 11.0 Å². The lowest BCUT2D eigenvalue weighted by Gasteiger charge is -2.12. The van der Waals surface area contributed by atoms with E-state index in [0.29, 0.717) is 5.88 Å². The Balaban J connectivity index is 1.85. The van der Waals surface area contributed by atoms with Crippen molar-refractivity contribution < 1.29 is 9.53 Å². The highest BCUT2D eigenvalue weighted by Gasteiger charge is 2.09. The number of carbonyl (C=O) groups excluding carboxylic acids is 1. The van der Waals surface area contributed by atoms with Gasteiger partial charge in [0.25, 0.3) is 0 Å². The molecule has 2 rings (SSSR count). The second-order valence-corrected chi connectivity index (χ2v) is 7.61. The molecule has 29 heavy (non-hydrogen) atoms. The van der Waals surface area contributed by atoms with E-state index in [1.807, 2.05) is 36.5 Å². The normalized spacial score (nSPS) is 12.2. The van der Waals surface area contributed by atoms with Gasteiger partial charge in [-0.3, -0.25) is 0 Å². The lowest BCUT2D eigenvalue weighted by atomic mass is 9.93. The molecule has 3 nitrogen and oxygen atoms in total. The van der Waals surface area contributed by atoms with Crippen LogP contribution >= 0.6 is 0 Å². The summed E-state index contributed by atoms with van der Waals surface area (Å²) in [6.07, 6.45) is 15.9. The number of hydrogen-bond acceptors (Lipinski definition) is 3. The second-order valence-electron chi connectivity index (χ2n) is 7.61. The van der Waals surface area contributed by atoms with Crippen molar-refractivity contribution >= 4 is 5.97 Å². The van der Waals surface area contributed by atoms with Gasteiger partial charge in [0.1, 0.15) is 0 Å². The maximum Gasteiger partial charge on any atom is 0.337 e. The van der Waals surface area contributed by atoms with E-state index in [1.165, 1.54) is 49.3 Å². The Labute approximate surface area is 176 Å². The molecular weight excluding hydrogens is 358 g/mol. The molecule has 1 aromatic carbocycles. The summed E-state index contributed by atoms with van der Waals surface area (Å²) in [5.41, 5.74) is 2.42. The number of hydrogen-bond donors (Lipinski definition) is 0. The number of unbranched alkanes of at least 4 members (excludes halogenated alkanes) is 5. The quantitative estimate of drug-likeness (QED) is 0.208. The molecule has 1 aromatic heterocycles. The van der Waals surface area contributed by atoms with E-state index in [1.54, 1.807) is 6.07 Å². The minimum Gasteiger partial charge on any atom is -0.404 e. The summed E-state index contributed by atoms with van der Waals surface area (Å²) in [5.74, 6) is 0.216. The van der Waals surface area contributed by atoms with Crippen molar-refractivity contribution in [3.8, 4) is 5.88 Å². The van der Waals surface area contributed by atoms with E-state index >= 15 is 0 Å². The number of ether oxygens (including phenoxy) is 1. The molecule has 0 radical (unpaired) electrons. The highest BCUT2D eigenvalue weighted by molar-refractivity contribution is 5.83. The van der Waals surface area contributed by atoms with Crippen LogP contribution in [0.1, 0.15) is 82.3 Å². The first-order chi connectivity index (χ1) is 14.2. The van der Waals surface area contributed by atoms with Gasteiger partial charge in [0.05, 0.1) is 0 Å². The molecule has 2 aromatic rings. The largest absolute Gasteiger partial charge is 0.404 e. The summed E-state index contributed by atoms with van der Waals surface area (Å²) in [7, 11) is 0. The number of nitrogens with zero attached hydrogens (tertiary/aromatic N) is 1. The minimum atomic E-state index is -0.373. The Morgan fingerprint density at radius 2 is 1.72 bits per heavy atom. The summed E-state index contributed by atoms with van der Waals surface area (Å²) in [6, 6.07) is 14.1. The molecule has 1 unspecified atom stereocenters. The molecule has 0 aliphatic carbocycles. The molecule has 1 atom stereocenters. The van der Waals surface area contributed by atoms with Crippen molar-refractivity contribution in [2.45, 2.75) is 77.6 Å². The van der Waals surface area contributed by atoms with Gasteiger partial charge in [0.2, 0.25) is 5.88 Å². The average molecular weight is 394 g/mol. The SMILES string of the molecule is CCCCCCCc1ccc(OC(=O)C=CC(CCCC)c2ccccc2)nc1. The fraction of sp³-hybridized carbons (Fsp3) is 0.462. The van der Waals surface area contributed by atoms with Crippen LogP contribution in [0.25, 0.3) is 0 Å². The van der Waals surface area contributed by atoms with Crippen molar-refractivity contribution in [1.29, 1.82) is 0 Å². The van der Waals surface area contributed by atoms with Gasteiger partial charge in [-0.15, -0.1) is 0 Å². The van der Waals surface area contributed by atoms with Crippen molar-refractivity contribution in [3.63, 3.8) is 0 Å². The molecule has 0 saturated heterocycles. The second kappa shape index (κ2) is 13.7. The topological polar surface area (TPSA) is 39.2 Å². The van der Waals surface area contributed by atoms with Crippen LogP contribution in [0.15, 0.2) is 60.8 Å². The standard InChI is InChI=1S/C26H35NO2/c1-3-5-7-8-10-13-22-17-19-25(27-21-22)29-26(28)20-18-24(14-6-4-2)23-15-11-9-12-16-23/h9,11-12,15-21,24H,3-8,10,13-14H2,1-2H3. The van der Waals surface area contributed by atoms with Gasteiger partial charge in [-0.05, 0) is 30.4 Å². The van der Waals surface area contributed by atoms with Gasteiger partial charge < -0.3 is 4.74 Å². The molecule has 0 amide bonds. The predicted molar refractivity (Wildman–Crippen MR) is 120 cm³/mol. The van der Waals surface area contributed by atoms with E-state index in [-0.39, 0.29) is 11.9 Å². The minimum absolute atomic E-state index is 0.228. The van der Waals surface area contributed by atoms with Crippen molar-refractivity contribution in [2.24, 2.45) is 0 Å². The first kappa shape index (κ1) is 22.9. The number of pyridine rings is 1. The molecule has 0 aliphatic heterocycles. The van der Waals surface area contributed by atoms with E-state index in [0.717, 1.165) is 25.7 Å². The van der Waals surface area contributed by atoms with E-state index in [4.69, 9.17) is 4.74 Å². The van der Waals surface area contributed by atoms with Crippen LogP contribution in [0.4, 0.5) is 0 Å². The van der Waals surface area contributed by atoms with Crippen molar-refractivity contribution in [2.75, 3.05) is 0 Å². The number of aryl methyl sites for hydroxylation is 1. The predicted octanol–water partition coefficient (Wildman–Crippen LogP) is 7.03. The lowest BCUT2D eigenvalue weighted by Crippen LogP contribution is -2.06. The Morgan fingerprint density at radius 3 is 2.41 bits per heavy atom. The van der Waals surface area contributed by atoms with Crippen LogP contribution in [-0.2, 0) is 11.2 Å². The molecule has 0 spiro atoms. The van der Waals surface area contributed by atoms with E-state index < -0.39 is 0 Å². The Kier molecular flexibility index (Phi) is 10.8. The van der Waals surface area contributed by atoms with Crippen LogP contribution in [0, 0.1) is 0 Å².